The maximum Gasteiger partial charge on any atom is 0.0561 e. The average Bonchev–Trinajstić information content (AvgIpc) is 2.37. The highest BCUT2D eigenvalue weighted by atomic mass is 16.5. The Hall–Kier alpha value is -0.0800. The van der Waals surface area contributed by atoms with Gasteiger partial charge in [-0.1, -0.05) is 26.2 Å². The third-order valence-corrected chi connectivity index (χ3v) is 4.72. The van der Waals surface area contributed by atoms with E-state index in [1.54, 1.807) is 0 Å². The van der Waals surface area contributed by atoms with Crippen LogP contribution in [0.4, 0.5) is 0 Å². The Labute approximate surface area is 107 Å². The minimum absolute atomic E-state index is 0.456. The summed E-state index contributed by atoms with van der Waals surface area (Å²) < 4.78 is 5.59. The predicted octanol–water partition coefficient (Wildman–Crippen LogP) is 3.36. The van der Waals surface area contributed by atoms with Crippen molar-refractivity contribution in [3.05, 3.63) is 0 Å². The van der Waals surface area contributed by atoms with Crippen molar-refractivity contribution in [3.8, 4) is 0 Å². The largest absolute Gasteiger partial charge is 0.378 e. The lowest BCUT2D eigenvalue weighted by atomic mass is 9.81. The predicted molar refractivity (Wildman–Crippen MR) is 72.2 cm³/mol. The first-order valence-corrected chi connectivity index (χ1v) is 7.63. The molecule has 0 radical (unpaired) electrons. The quantitative estimate of drug-likeness (QED) is 0.812. The molecule has 2 rings (SSSR count). The number of nitrogens with one attached hydrogen (secondary N) is 1. The van der Waals surface area contributed by atoms with Crippen LogP contribution in [0.25, 0.3) is 0 Å². The third kappa shape index (κ3) is 4.26. The van der Waals surface area contributed by atoms with Crippen LogP contribution in [-0.4, -0.2) is 25.3 Å². The lowest BCUT2D eigenvalue weighted by Crippen LogP contribution is -2.40. The summed E-state index contributed by atoms with van der Waals surface area (Å²) in [6.45, 7) is 6.72. The van der Waals surface area contributed by atoms with E-state index in [9.17, 15) is 0 Å². The maximum absolute atomic E-state index is 5.59. The fourth-order valence-corrected chi connectivity index (χ4v) is 3.36. The van der Waals surface area contributed by atoms with E-state index in [1.165, 1.54) is 51.5 Å². The molecule has 17 heavy (non-hydrogen) atoms. The van der Waals surface area contributed by atoms with Crippen molar-refractivity contribution in [3.63, 3.8) is 0 Å². The fraction of sp³-hybridized carbons (Fsp3) is 1.00. The van der Waals surface area contributed by atoms with Gasteiger partial charge in [0.15, 0.2) is 0 Å². The minimum atomic E-state index is 0.456. The van der Waals surface area contributed by atoms with Gasteiger partial charge < -0.3 is 10.1 Å². The van der Waals surface area contributed by atoms with E-state index in [1.807, 2.05) is 0 Å². The molecule has 0 amide bonds. The highest BCUT2D eigenvalue weighted by molar-refractivity contribution is 4.78. The van der Waals surface area contributed by atoms with E-state index in [0.29, 0.717) is 12.1 Å². The second kappa shape index (κ2) is 6.75. The van der Waals surface area contributed by atoms with E-state index < -0.39 is 0 Å². The third-order valence-electron chi connectivity index (χ3n) is 4.72. The summed E-state index contributed by atoms with van der Waals surface area (Å²) in [7, 11) is 0. The van der Waals surface area contributed by atoms with E-state index in [2.05, 4.69) is 19.2 Å². The monoisotopic (exact) mass is 239 g/mol. The highest BCUT2D eigenvalue weighted by Crippen LogP contribution is 2.30. The van der Waals surface area contributed by atoms with E-state index in [0.717, 1.165) is 18.4 Å². The number of rotatable bonds is 4. The summed E-state index contributed by atoms with van der Waals surface area (Å²) in [6.07, 6.45) is 10.1. The Kier molecular flexibility index (Phi) is 5.30. The highest BCUT2D eigenvalue weighted by Gasteiger charge is 2.23. The maximum atomic E-state index is 5.59. The van der Waals surface area contributed by atoms with Gasteiger partial charge in [-0.05, 0) is 51.0 Å². The molecule has 1 N–H and O–H groups in total. The van der Waals surface area contributed by atoms with Crippen molar-refractivity contribution in [1.29, 1.82) is 0 Å². The summed E-state index contributed by atoms with van der Waals surface area (Å²) >= 11 is 0. The first-order chi connectivity index (χ1) is 8.28. The summed E-state index contributed by atoms with van der Waals surface area (Å²) in [5, 5.41) is 3.77. The molecule has 2 aliphatic rings. The summed E-state index contributed by atoms with van der Waals surface area (Å²) in [6, 6.07) is 0.711. The Bertz CT molecular complexity index is 211. The SMILES string of the molecule is CCC1CCC(CNC2CCOC(C)C2)CC1. The van der Waals surface area contributed by atoms with Gasteiger partial charge in [0.25, 0.3) is 0 Å². The number of ether oxygens (including phenoxy) is 1. The summed E-state index contributed by atoms with van der Waals surface area (Å²) in [5.41, 5.74) is 0. The average molecular weight is 239 g/mol. The summed E-state index contributed by atoms with van der Waals surface area (Å²) in [4.78, 5) is 0. The van der Waals surface area contributed by atoms with Crippen LogP contribution in [0.3, 0.4) is 0 Å². The molecule has 0 bridgehead atoms. The molecular weight excluding hydrogens is 210 g/mol. The van der Waals surface area contributed by atoms with Gasteiger partial charge in [-0.25, -0.2) is 0 Å². The van der Waals surface area contributed by atoms with Gasteiger partial charge in [-0.2, -0.15) is 0 Å². The first kappa shape index (κ1) is 13.4. The van der Waals surface area contributed by atoms with Gasteiger partial charge in [-0.15, -0.1) is 0 Å². The van der Waals surface area contributed by atoms with Crippen LogP contribution in [0, 0.1) is 11.8 Å². The van der Waals surface area contributed by atoms with Crippen molar-refractivity contribution in [1.82, 2.24) is 5.32 Å². The molecule has 2 heteroatoms. The van der Waals surface area contributed by atoms with Crippen LogP contribution in [0.1, 0.15) is 58.8 Å². The van der Waals surface area contributed by atoms with Gasteiger partial charge in [0.05, 0.1) is 6.10 Å². The Balaban J connectivity index is 1.62. The van der Waals surface area contributed by atoms with Crippen LogP contribution in [-0.2, 0) is 4.74 Å². The van der Waals surface area contributed by atoms with Gasteiger partial charge in [0, 0.05) is 12.6 Å². The standard InChI is InChI=1S/C15H29NO/c1-3-13-4-6-14(7-5-13)11-16-15-8-9-17-12(2)10-15/h12-16H,3-11H2,1-2H3. The molecule has 1 aliphatic carbocycles. The summed E-state index contributed by atoms with van der Waals surface area (Å²) in [5.74, 6) is 1.96. The lowest BCUT2D eigenvalue weighted by molar-refractivity contribution is 0.0123. The second-order valence-corrected chi connectivity index (χ2v) is 6.11. The molecule has 2 nitrogen and oxygen atoms in total. The van der Waals surface area contributed by atoms with Crippen molar-refractivity contribution in [2.75, 3.05) is 13.2 Å². The Morgan fingerprint density at radius 1 is 1.06 bits per heavy atom. The molecular formula is C15H29NO. The second-order valence-electron chi connectivity index (χ2n) is 6.11. The fourth-order valence-electron chi connectivity index (χ4n) is 3.36. The topological polar surface area (TPSA) is 21.3 Å². The Morgan fingerprint density at radius 2 is 1.76 bits per heavy atom. The van der Waals surface area contributed by atoms with E-state index >= 15 is 0 Å². The van der Waals surface area contributed by atoms with Crippen molar-refractivity contribution < 1.29 is 4.74 Å². The van der Waals surface area contributed by atoms with Crippen LogP contribution >= 0.6 is 0 Å². The molecule has 1 aliphatic heterocycles. The van der Waals surface area contributed by atoms with Crippen LogP contribution < -0.4 is 5.32 Å². The van der Waals surface area contributed by atoms with Crippen LogP contribution in [0.15, 0.2) is 0 Å². The van der Waals surface area contributed by atoms with Gasteiger partial charge in [0.2, 0.25) is 0 Å². The van der Waals surface area contributed by atoms with Crippen molar-refractivity contribution in [2.45, 2.75) is 70.9 Å². The molecule has 0 aromatic heterocycles. The molecule has 1 heterocycles. The van der Waals surface area contributed by atoms with Gasteiger partial charge >= 0.3 is 0 Å². The number of hydrogen-bond donors (Lipinski definition) is 1. The zero-order chi connectivity index (χ0) is 12.1. The van der Waals surface area contributed by atoms with Gasteiger partial charge in [0.1, 0.15) is 0 Å². The molecule has 1 saturated carbocycles. The molecule has 2 atom stereocenters. The first-order valence-electron chi connectivity index (χ1n) is 7.63. The normalized spacial score (nSPS) is 39.2. The Morgan fingerprint density at radius 3 is 2.41 bits per heavy atom. The molecule has 0 spiro atoms. The van der Waals surface area contributed by atoms with Crippen molar-refractivity contribution in [2.24, 2.45) is 11.8 Å². The molecule has 1 saturated heterocycles. The molecule has 100 valence electrons. The minimum Gasteiger partial charge on any atom is -0.378 e. The molecule has 0 aromatic carbocycles. The number of hydrogen-bond acceptors (Lipinski definition) is 2. The lowest BCUT2D eigenvalue weighted by Gasteiger charge is -2.32. The van der Waals surface area contributed by atoms with Crippen LogP contribution in [0.5, 0.6) is 0 Å². The zero-order valence-electron chi connectivity index (χ0n) is 11.6. The van der Waals surface area contributed by atoms with Crippen LogP contribution in [0.2, 0.25) is 0 Å². The smallest absolute Gasteiger partial charge is 0.0561 e. The van der Waals surface area contributed by atoms with Crippen molar-refractivity contribution >= 4 is 0 Å². The van der Waals surface area contributed by atoms with E-state index in [4.69, 9.17) is 4.74 Å². The zero-order valence-corrected chi connectivity index (χ0v) is 11.6. The molecule has 2 fully saturated rings. The molecule has 0 aromatic rings. The van der Waals surface area contributed by atoms with E-state index in [-0.39, 0.29) is 0 Å². The molecule has 2 unspecified atom stereocenters. The van der Waals surface area contributed by atoms with Gasteiger partial charge in [-0.3, -0.25) is 0 Å².